The van der Waals surface area contributed by atoms with E-state index in [2.05, 4.69) is 25.8 Å². The fraction of sp³-hybridized carbons (Fsp3) is 0.897. The van der Waals surface area contributed by atoms with Gasteiger partial charge in [-0.05, 0) is 124 Å². The third-order valence-electron chi connectivity index (χ3n) is 8.33. The molecule has 0 spiro atoms. The largest absolute Gasteiger partial charge is 0.481 e. The first-order valence-corrected chi connectivity index (χ1v) is 21.9. The summed E-state index contributed by atoms with van der Waals surface area (Å²) in [5.41, 5.74) is 0. The van der Waals surface area contributed by atoms with E-state index in [0.29, 0.717) is 5.92 Å². The lowest BCUT2D eigenvalue weighted by molar-refractivity contribution is -0.147. The lowest BCUT2D eigenvalue weighted by atomic mass is 9.81. The summed E-state index contributed by atoms with van der Waals surface area (Å²) in [6.07, 6.45) is 18.3. The van der Waals surface area contributed by atoms with Crippen LogP contribution in [0.1, 0.15) is 90.4 Å². The highest BCUT2D eigenvalue weighted by molar-refractivity contribution is 8.76. The number of carboxylic acids is 2. The summed E-state index contributed by atoms with van der Waals surface area (Å²) in [4.78, 5) is 32.3. The fourth-order valence-electron chi connectivity index (χ4n) is 5.31. The first kappa shape index (κ1) is 41.8. The Labute approximate surface area is 271 Å². The summed E-state index contributed by atoms with van der Waals surface area (Å²) in [7, 11) is 3.29. The number of esters is 1. The Bertz CT molecular complexity index is 846. The van der Waals surface area contributed by atoms with Gasteiger partial charge >= 0.3 is 17.9 Å². The van der Waals surface area contributed by atoms with Crippen LogP contribution < -0.4 is 0 Å². The minimum absolute atomic E-state index is 0.00967. The van der Waals surface area contributed by atoms with Gasteiger partial charge in [-0.15, -0.1) is 0 Å². The molecule has 3 saturated carbocycles. The molecule has 0 radical (unpaired) electrons. The third kappa shape index (κ3) is 19.9. The van der Waals surface area contributed by atoms with Gasteiger partial charge in [0.15, 0.2) is 8.87 Å². The highest BCUT2D eigenvalue weighted by Crippen LogP contribution is 2.33. The van der Waals surface area contributed by atoms with Crippen LogP contribution in [0.3, 0.4) is 0 Å². The Morgan fingerprint density at radius 2 is 1.14 bits per heavy atom. The van der Waals surface area contributed by atoms with E-state index in [1.807, 2.05) is 10.8 Å². The van der Waals surface area contributed by atoms with E-state index in [0.717, 1.165) is 92.6 Å². The van der Waals surface area contributed by atoms with Gasteiger partial charge in [-0.3, -0.25) is 14.4 Å². The molecule has 42 heavy (non-hydrogen) atoms. The van der Waals surface area contributed by atoms with Gasteiger partial charge in [-0.2, -0.15) is 12.6 Å². The van der Waals surface area contributed by atoms with Crippen LogP contribution in [0.2, 0.25) is 0 Å². The molecule has 0 saturated heterocycles. The number of carboxylic acid groups (broad SMARTS) is 2. The standard InChI is InChI=1S/C10H18O2.C9H16O2S2.C8H14O2S.C2H6O2S2/c1-3-8-4-6-9(7-5-8)10(11)12-2;1-12-13-6-7-2-4-8(5-3-7)9(10)11;9-8(10)7-3-1-6(5-11)2-4-7;1-5-6(2,3)4/h8-9H,3-7H2,1-2H3;7-8H,2-6H2,1H3,(H,10,11);6-7,11H,1-5H2,(H,9,10);1-2H3. The van der Waals surface area contributed by atoms with Crippen molar-refractivity contribution in [3.8, 4) is 0 Å². The predicted molar refractivity (Wildman–Crippen MR) is 182 cm³/mol. The molecule has 3 rings (SSSR count). The lowest BCUT2D eigenvalue weighted by Gasteiger charge is -2.25. The van der Waals surface area contributed by atoms with Crippen LogP contribution in [0, 0.1) is 35.5 Å². The quantitative estimate of drug-likeness (QED) is 0.127. The molecular formula is C29H54O8S5. The molecule has 3 aliphatic carbocycles. The van der Waals surface area contributed by atoms with Gasteiger partial charge < -0.3 is 14.9 Å². The Morgan fingerprint density at radius 1 is 0.762 bits per heavy atom. The summed E-state index contributed by atoms with van der Waals surface area (Å²) in [5.74, 6) is 3.19. The molecule has 0 amide bonds. The first-order chi connectivity index (χ1) is 19.8. The second kappa shape index (κ2) is 24.1. The van der Waals surface area contributed by atoms with Crippen LogP contribution in [-0.4, -0.2) is 73.9 Å². The number of hydrogen-bond donors (Lipinski definition) is 3. The topological polar surface area (TPSA) is 135 Å². The van der Waals surface area contributed by atoms with E-state index in [1.165, 1.54) is 44.6 Å². The molecule has 0 bridgehead atoms. The molecule has 0 atom stereocenters. The zero-order valence-corrected chi connectivity index (χ0v) is 30.2. The molecule has 248 valence electrons. The molecule has 0 aromatic heterocycles. The molecule has 3 fully saturated rings. The Morgan fingerprint density at radius 3 is 1.45 bits per heavy atom. The molecule has 13 heteroatoms. The Kier molecular flexibility index (Phi) is 23.9. The number of carbonyl (C=O) groups is 3. The normalized spacial score (nSPS) is 27.4. The third-order valence-corrected chi connectivity index (χ3v) is 13.2. The number of ether oxygens (including phenoxy) is 1. The fourth-order valence-corrected chi connectivity index (χ4v) is 7.32. The van der Waals surface area contributed by atoms with Crippen molar-refractivity contribution in [1.82, 2.24) is 0 Å². The summed E-state index contributed by atoms with van der Waals surface area (Å²) < 4.78 is 24.6. The summed E-state index contributed by atoms with van der Waals surface area (Å²) >= 11 is 4.20. The van der Waals surface area contributed by atoms with Crippen molar-refractivity contribution in [3.63, 3.8) is 0 Å². The smallest absolute Gasteiger partial charge is 0.308 e. The van der Waals surface area contributed by atoms with Gasteiger partial charge in [0.05, 0.1) is 24.9 Å². The molecule has 0 aliphatic heterocycles. The van der Waals surface area contributed by atoms with E-state index >= 15 is 0 Å². The first-order valence-electron chi connectivity index (χ1n) is 14.9. The minimum atomic E-state index is -2.75. The van der Waals surface area contributed by atoms with Crippen LogP contribution in [0.4, 0.5) is 0 Å². The van der Waals surface area contributed by atoms with E-state index in [4.69, 9.17) is 14.9 Å². The van der Waals surface area contributed by atoms with Crippen molar-refractivity contribution in [2.75, 3.05) is 37.4 Å². The molecule has 8 nitrogen and oxygen atoms in total. The van der Waals surface area contributed by atoms with Crippen LogP contribution in [-0.2, 0) is 28.0 Å². The zero-order valence-electron chi connectivity index (χ0n) is 26.0. The molecule has 0 heterocycles. The molecule has 0 aromatic carbocycles. The highest BCUT2D eigenvalue weighted by Gasteiger charge is 2.27. The minimum Gasteiger partial charge on any atom is -0.481 e. The van der Waals surface area contributed by atoms with Crippen LogP contribution >= 0.6 is 45.0 Å². The predicted octanol–water partition coefficient (Wildman–Crippen LogP) is 7.38. The average molecular weight is 691 g/mol. The van der Waals surface area contributed by atoms with E-state index in [1.54, 1.807) is 10.8 Å². The lowest BCUT2D eigenvalue weighted by Crippen LogP contribution is -2.22. The second-order valence-corrected chi connectivity index (χ2v) is 18.8. The van der Waals surface area contributed by atoms with Gasteiger partial charge in [0, 0.05) is 12.0 Å². The van der Waals surface area contributed by atoms with Crippen molar-refractivity contribution >= 4 is 71.8 Å². The number of methoxy groups -OCH3 is 1. The van der Waals surface area contributed by atoms with Crippen LogP contribution in [0.25, 0.3) is 0 Å². The van der Waals surface area contributed by atoms with Crippen LogP contribution in [0.5, 0.6) is 0 Å². The maximum absolute atomic E-state index is 11.1. The molecular weight excluding hydrogens is 637 g/mol. The maximum Gasteiger partial charge on any atom is 0.308 e. The van der Waals surface area contributed by atoms with Gasteiger partial charge in [0.1, 0.15) is 0 Å². The van der Waals surface area contributed by atoms with E-state index < -0.39 is 20.8 Å². The second-order valence-electron chi connectivity index (χ2n) is 11.3. The van der Waals surface area contributed by atoms with Crippen molar-refractivity contribution in [1.29, 1.82) is 0 Å². The monoisotopic (exact) mass is 690 g/mol. The molecule has 0 unspecified atom stereocenters. The number of thiol groups is 1. The highest BCUT2D eigenvalue weighted by atomic mass is 33.1. The molecule has 0 aromatic rings. The number of carbonyl (C=O) groups excluding carboxylic acids is 1. The summed E-state index contributed by atoms with van der Waals surface area (Å²) in [6, 6.07) is 0. The van der Waals surface area contributed by atoms with E-state index in [9.17, 15) is 22.8 Å². The SMILES string of the molecule is CCC1CCC(C(=O)OC)CC1.CSS(C)(=O)=O.CSSCC1CCC(C(=O)O)CC1.O=C(O)C1CCC(CS)CC1. The van der Waals surface area contributed by atoms with Gasteiger partial charge in [-0.25, -0.2) is 8.42 Å². The molecule has 3 aliphatic rings. The van der Waals surface area contributed by atoms with Crippen molar-refractivity contribution < 1.29 is 37.8 Å². The van der Waals surface area contributed by atoms with Crippen LogP contribution in [0.15, 0.2) is 0 Å². The van der Waals surface area contributed by atoms with Crippen molar-refractivity contribution in [2.24, 2.45) is 35.5 Å². The zero-order chi connectivity index (χ0) is 32.1. The van der Waals surface area contributed by atoms with Crippen molar-refractivity contribution in [3.05, 3.63) is 0 Å². The number of hydrogen-bond acceptors (Lipinski definition) is 10. The number of rotatable bonds is 9. The average Bonchev–Trinajstić information content (AvgIpc) is 3.00. The Balaban J connectivity index is 0.000000550. The summed E-state index contributed by atoms with van der Waals surface area (Å²) in [5, 5.41) is 17.5. The maximum atomic E-state index is 11.1. The van der Waals surface area contributed by atoms with Gasteiger partial charge in [0.25, 0.3) is 0 Å². The van der Waals surface area contributed by atoms with Crippen molar-refractivity contribution in [2.45, 2.75) is 90.4 Å². The van der Waals surface area contributed by atoms with Gasteiger partial charge in [0.2, 0.25) is 0 Å². The number of aliphatic carboxylic acids is 2. The van der Waals surface area contributed by atoms with Gasteiger partial charge in [-0.1, -0.05) is 34.9 Å². The van der Waals surface area contributed by atoms with E-state index in [-0.39, 0.29) is 23.7 Å². The molecule has 2 N–H and O–H groups in total. The summed E-state index contributed by atoms with van der Waals surface area (Å²) in [6.45, 7) is 2.23. The Hall–Kier alpha value is -0.240.